The number of halogens is 3. The number of hydrogen-bond acceptors (Lipinski definition) is 3. The first-order chi connectivity index (χ1) is 7.50. The van der Waals surface area contributed by atoms with E-state index in [2.05, 4.69) is 10.3 Å². The fourth-order valence-corrected chi connectivity index (χ4v) is 1.69. The van der Waals surface area contributed by atoms with Gasteiger partial charge in [0.05, 0.1) is 5.69 Å². The van der Waals surface area contributed by atoms with E-state index in [1.54, 1.807) is 6.92 Å². The molecule has 1 fully saturated rings. The van der Waals surface area contributed by atoms with Crippen molar-refractivity contribution in [2.75, 3.05) is 13.1 Å². The van der Waals surface area contributed by atoms with E-state index in [1.165, 1.54) is 0 Å². The number of nitrogens with one attached hydrogen (secondary N) is 1. The molecule has 1 saturated heterocycles. The molecule has 90 valence electrons. The second kappa shape index (κ2) is 4.08. The van der Waals surface area contributed by atoms with E-state index in [9.17, 15) is 13.2 Å². The summed E-state index contributed by atoms with van der Waals surface area (Å²) in [6.45, 7) is 3.29. The first-order valence-corrected chi connectivity index (χ1v) is 5.27. The van der Waals surface area contributed by atoms with Gasteiger partial charge in [-0.3, -0.25) is 0 Å². The summed E-state index contributed by atoms with van der Waals surface area (Å²) < 4.78 is 42.4. The Hall–Kier alpha value is -1.04. The Labute approximate surface area is 91.0 Å². The minimum Gasteiger partial charge on any atom is -0.436 e. The van der Waals surface area contributed by atoms with Crippen molar-refractivity contribution >= 4 is 0 Å². The molecule has 0 atom stereocenters. The lowest BCUT2D eigenvalue weighted by Crippen LogP contribution is -2.43. The van der Waals surface area contributed by atoms with Crippen molar-refractivity contribution in [2.45, 2.75) is 25.9 Å². The van der Waals surface area contributed by atoms with E-state index in [4.69, 9.17) is 4.42 Å². The minimum absolute atomic E-state index is 0.00906. The van der Waals surface area contributed by atoms with Gasteiger partial charge in [0, 0.05) is 6.42 Å². The van der Waals surface area contributed by atoms with Crippen LogP contribution < -0.4 is 5.32 Å². The van der Waals surface area contributed by atoms with Gasteiger partial charge in [-0.25, -0.2) is 4.98 Å². The smallest absolute Gasteiger partial charge is 0.436 e. The first-order valence-electron chi connectivity index (χ1n) is 5.27. The van der Waals surface area contributed by atoms with Gasteiger partial charge < -0.3 is 9.73 Å². The number of aryl methyl sites for hydroxylation is 1. The van der Waals surface area contributed by atoms with Crippen molar-refractivity contribution in [3.05, 3.63) is 17.3 Å². The summed E-state index contributed by atoms with van der Waals surface area (Å²) in [6, 6.07) is 0. The maximum absolute atomic E-state index is 12.5. The number of alkyl halides is 3. The number of rotatable bonds is 3. The SMILES string of the molecule is CCc1nc(CC2CNC2)oc1C(F)(F)F. The van der Waals surface area contributed by atoms with Crippen LogP contribution in [0.25, 0.3) is 0 Å². The average Bonchev–Trinajstić information content (AvgIpc) is 2.54. The second-order valence-corrected chi connectivity index (χ2v) is 3.96. The molecule has 0 aliphatic carbocycles. The average molecular weight is 234 g/mol. The monoisotopic (exact) mass is 234 g/mol. The molecule has 3 nitrogen and oxygen atoms in total. The molecule has 1 aromatic heterocycles. The lowest BCUT2D eigenvalue weighted by molar-refractivity contribution is -0.154. The Morgan fingerprint density at radius 3 is 2.50 bits per heavy atom. The van der Waals surface area contributed by atoms with Crippen LogP contribution >= 0.6 is 0 Å². The van der Waals surface area contributed by atoms with E-state index >= 15 is 0 Å². The van der Waals surface area contributed by atoms with Crippen LogP contribution in [0.1, 0.15) is 24.3 Å². The molecule has 0 unspecified atom stereocenters. The number of hydrogen-bond donors (Lipinski definition) is 1. The molecule has 0 bridgehead atoms. The van der Waals surface area contributed by atoms with E-state index in [0.717, 1.165) is 13.1 Å². The number of nitrogens with zero attached hydrogens (tertiary/aromatic N) is 1. The number of aromatic nitrogens is 1. The molecular formula is C10H13F3N2O. The highest BCUT2D eigenvalue weighted by Crippen LogP contribution is 2.33. The van der Waals surface area contributed by atoms with E-state index < -0.39 is 11.9 Å². The second-order valence-electron chi connectivity index (χ2n) is 3.96. The van der Waals surface area contributed by atoms with Gasteiger partial charge >= 0.3 is 6.18 Å². The largest absolute Gasteiger partial charge is 0.451 e. The topological polar surface area (TPSA) is 38.1 Å². The zero-order valence-electron chi connectivity index (χ0n) is 8.90. The Morgan fingerprint density at radius 2 is 2.12 bits per heavy atom. The Kier molecular flexibility index (Phi) is 2.92. The molecule has 1 aliphatic heterocycles. The predicted octanol–water partition coefficient (Wildman–Crippen LogP) is 2.02. The van der Waals surface area contributed by atoms with Crippen LogP contribution in [0.3, 0.4) is 0 Å². The van der Waals surface area contributed by atoms with Gasteiger partial charge in [-0.05, 0) is 25.4 Å². The third-order valence-electron chi connectivity index (χ3n) is 2.66. The van der Waals surface area contributed by atoms with Crippen molar-refractivity contribution < 1.29 is 17.6 Å². The highest BCUT2D eigenvalue weighted by atomic mass is 19.4. The van der Waals surface area contributed by atoms with E-state index in [1.807, 2.05) is 0 Å². The quantitative estimate of drug-likeness (QED) is 0.869. The van der Waals surface area contributed by atoms with Crippen LogP contribution in [-0.4, -0.2) is 18.1 Å². The van der Waals surface area contributed by atoms with Gasteiger partial charge in [-0.1, -0.05) is 6.92 Å². The first kappa shape index (κ1) is 11.4. The van der Waals surface area contributed by atoms with Gasteiger partial charge in [0.2, 0.25) is 5.76 Å². The van der Waals surface area contributed by atoms with Crippen LogP contribution in [-0.2, 0) is 19.0 Å². The minimum atomic E-state index is -4.44. The standard InChI is InChI=1S/C10H13F3N2O/c1-2-7-9(10(11,12)13)16-8(15-7)3-6-4-14-5-6/h6,14H,2-5H2,1H3. The molecule has 1 N–H and O–H groups in total. The lowest BCUT2D eigenvalue weighted by Gasteiger charge is -2.25. The molecule has 2 heterocycles. The molecule has 16 heavy (non-hydrogen) atoms. The van der Waals surface area contributed by atoms with Crippen LogP contribution in [0.15, 0.2) is 4.42 Å². The molecule has 0 aromatic carbocycles. The summed E-state index contributed by atoms with van der Waals surface area (Å²) >= 11 is 0. The zero-order valence-corrected chi connectivity index (χ0v) is 8.90. The summed E-state index contributed by atoms with van der Waals surface area (Å²) in [6.07, 6.45) is -3.72. The fraction of sp³-hybridized carbons (Fsp3) is 0.700. The summed E-state index contributed by atoms with van der Waals surface area (Å²) in [7, 11) is 0. The van der Waals surface area contributed by atoms with Crippen LogP contribution in [0.5, 0.6) is 0 Å². The van der Waals surface area contributed by atoms with Crippen LogP contribution in [0.4, 0.5) is 13.2 Å². The normalized spacial score (nSPS) is 17.5. The van der Waals surface area contributed by atoms with Crippen molar-refractivity contribution in [2.24, 2.45) is 5.92 Å². The molecule has 0 saturated carbocycles. The Balaban J connectivity index is 2.17. The summed E-state index contributed by atoms with van der Waals surface area (Å²) in [5, 5.41) is 3.06. The van der Waals surface area contributed by atoms with Crippen LogP contribution in [0, 0.1) is 5.92 Å². The number of oxazole rings is 1. The third kappa shape index (κ3) is 2.21. The van der Waals surface area contributed by atoms with Gasteiger partial charge in [-0.2, -0.15) is 13.2 Å². The van der Waals surface area contributed by atoms with Crippen molar-refractivity contribution in [1.82, 2.24) is 10.3 Å². The van der Waals surface area contributed by atoms with E-state index in [0.29, 0.717) is 12.3 Å². The third-order valence-corrected chi connectivity index (χ3v) is 2.66. The van der Waals surface area contributed by atoms with Gasteiger partial charge in [0.25, 0.3) is 0 Å². The Morgan fingerprint density at radius 1 is 1.44 bits per heavy atom. The van der Waals surface area contributed by atoms with E-state index in [-0.39, 0.29) is 18.0 Å². The molecule has 0 spiro atoms. The highest BCUT2D eigenvalue weighted by molar-refractivity contribution is 5.13. The summed E-state index contributed by atoms with van der Waals surface area (Å²) in [5.41, 5.74) is 0.00906. The predicted molar refractivity (Wildman–Crippen MR) is 50.9 cm³/mol. The zero-order chi connectivity index (χ0) is 11.8. The van der Waals surface area contributed by atoms with Gasteiger partial charge in [0.1, 0.15) is 0 Å². The summed E-state index contributed by atoms with van der Waals surface area (Å²) in [4.78, 5) is 3.90. The fourth-order valence-electron chi connectivity index (χ4n) is 1.69. The molecule has 0 amide bonds. The van der Waals surface area contributed by atoms with Crippen molar-refractivity contribution in [3.8, 4) is 0 Å². The molecule has 2 rings (SSSR count). The molecular weight excluding hydrogens is 221 g/mol. The van der Waals surface area contributed by atoms with Gasteiger partial charge in [-0.15, -0.1) is 0 Å². The van der Waals surface area contributed by atoms with Crippen molar-refractivity contribution in [1.29, 1.82) is 0 Å². The highest BCUT2D eigenvalue weighted by Gasteiger charge is 2.39. The molecule has 0 radical (unpaired) electrons. The molecule has 6 heteroatoms. The lowest BCUT2D eigenvalue weighted by atomic mass is 10.00. The maximum atomic E-state index is 12.5. The summed E-state index contributed by atoms with van der Waals surface area (Å²) in [5.74, 6) is -0.377. The molecule has 1 aliphatic rings. The molecule has 1 aromatic rings. The van der Waals surface area contributed by atoms with Crippen LogP contribution in [0.2, 0.25) is 0 Å². The Bertz CT molecular complexity index is 369. The van der Waals surface area contributed by atoms with Crippen molar-refractivity contribution in [3.63, 3.8) is 0 Å². The maximum Gasteiger partial charge on any atom is 0.451 e. The van der Waals surface area contributed by atoms with Gasteiger partial charge in [0.15, 0.2) is 5.89 Å².